The molecular weight excluding hydrogens is 261 g/mol. The minimum absolute atomic E-state index is 0.0440. The number of carbonyl (C=O) groups excluding carboxylic acids is 1. The number of nitrogens with one attached hydrogen (secondary N) is 2. The SMILES string of the molecule is COCCNC(=O)/C(C#N)=C\NCc1cccc(F)c1. The van der Waals surface area contributed by atoms with Crippen molar-refractivity contribution in [3.63, 3.8) is 0 Å². The Balaban J connectivity index is 2.49. The van der Waals surface area contributed by atoms with Gasteiger partial charge in [0.2, 0.25) is 0 Å². The molecule has 6 heteroatoms. The van der Waals surface area contributed by atoms with E-state index in [4.69, 9.17) is 10.00 Å². The minimum Gasteiger partial charge on any atom is -0.386 e. The fourth-order valence-electron chi connectivity index (χ4n) is 1.43. The first kappa shape index (κ1) is 15.7. The Morgan fingerprint density at radius 2 is 2.35 bits per heavy atom. The maximum atomic E-state index is 12.9. The lowest BCUT2D eigenvalue weighted by atomic mass is 10.2. The molecule has 0 heterocycles. The lowest BCUT2D eigenvalue weighted by molar-refractivity contribution is -0.117. The van der Waals surface area contributed by atoms with Crippen molar-refractivity contribution >= 4 is 5.91 Å². The lowest BCUT2D eigenvalue weighted by Gasteiger charge is -2.04. The van der Waals surface area contributed by atoms with Crippen molar-refractivity contribution in [1.82, 2.24) is 10.6 Å². The highest BCUT2D eigenvalue weighted by atomic mass is 19.1. The average Bonchev–Trinajstić information content (AvgIpc) is 2.44. The van der Waals surface area contributed by atoms with E-state index in [1.807, 2.05) is 0 Å². The van der Waals surface area contributed by atoms with E-state index in [9.17, 15) is 9.18 Å². The van der Waals surface area contributed by atoms with Gasteiger partial charge in [-0.05, 0) is 17.7 Å². The molecular formula is C14H16FN3O2. The van der Waals surface area contributed by atoms with Crippen LogP contribution in [0, 0.1) is 17.1 Å². The van der Waals surface area contributed by atoms with E-state index in [0.29, 0.717) is 19.7 Å². The van der Waals surface area contributed by atoms with Crippen LogP contribution in [0.15, 0.2) is 36.0 Å². The van der Waals surface area contributed by atoms with Crippen LogP contribution >= 0.6 is 0 Å². The highest BCUT2D eigenvalue weighted by Gasteiger charge is 2.07. The zero-order chi connectivity index (χ0) is 14.8. The molecule has 106 valence electrons. The fourth-order valence-corrected chi connectivity index (χ4v) is 1.43. The van der Waals surface area contributed by atoms with Crippen LogP contribution in [-0.2, 0) is 16.1 Å². The molecule has 0 unspecified atom stereocenters. The Kier molecular flexibility index (Phi) is 6.79. The quantitative estimate of drug-likeness (QED) is 0.444. The van der Waals surface area contributed by atoms with E-state index >= 15 is 0 Å². The van der Waals surface area contributed by atoms with Gasteiger partial charge in [0.05, 0.1) is 6.61 Å². The highest BCUT2D eigenvalue weighted by molar-refractivity contribution is 5.97. The van der Waals surface area contributed by atoms with Crippen LogP contribution in [0.25, 0.3) is 0 Å². The minimum atomic E-state index is -0.476. The Morgan fingerprint density at radius 1 is 1.55 bits per heavy atom. The number of rotatable bonds is 7. The number of ether oxygens (including phenoxy) is 1. The molecule has 0 aromatic heterocycles. The standard InChI is InChI=1S/C14H16FN3O2/c1-20-6-5-18-14(19)12(8-16)10-17-9-11-3-2-4-13(15)7-11/h2-4,7,10,17H,5-6,9H2,1H3,(H,18,19)/b12-10-. The van der Waals surface area contributed by atoms with Gasteiger partial charge in [-0.2, -0.15) is 5.26 Å². The Bertz CT molecular complexity index is 523. The summed E-state index contributed by atoms with van der Waals surface area (Å²) in [7, 11) is 1.52. The Hall–Kier alpha value is -2.39. The molecule has 1 aromatic carbocycles. The van der Waals surface area contributed by atoms with Crippen molar-refractivity contribution in [1.29, 1.82) is 5.26 Å². The van der Waals surface area contributed by atoms with E-state index in [2.05, 4.69) is 10.6 Å². The van der Waals surface area contributed by atoms with Gasteiger partial charge in [-0.25, -0.2) is 4.39 Å². The molecule has 0 aliphatic rings. The van der Waals surface area contributed by atoms with Gasteiger partial charge in [0, 0.05) is 26.4 Å². The molecule has 0 saturated carbocycles. The van der Waals surface area contributed by atoms with Crippen LogP contribution in [-0.4, -0.2) is 26.2 Å². The van der Waals surface area contributed by atoms with Gasteiger partial charge in [0.15, 0.2) is 0 Å². The molecule has 0 aliphatic carbocycles. The summed E-state index contributed by atoms with van der Waals surface area (Å²) in [6.45, 7) is 1.04. The van der Waals surface area contributed by atoms with Crippen LogP contribution < -0.4 is 10.6 Å². The zero-order valence-corrected chi connectivity index (χ0v) is 11.1. The van der Waals surface area contributed by atoms with Crippen LogP contribution in [0.2, 0.25) is 0 Å². The van der Waals surface area contributed by atoms with Gasteiger partial charge < -0.3 is 15.4 Å². The molecule has 0 aliphatic heterocycles. The van der Waals surface area contributed by atoms with Gasteiger partial charge in [0.1, 0.15) is 17.5 Å². The van der Waals surface area contributed by atoms with E-state index in [1.165, 1.54) is 25.4 Å². The molecule has 0 radical (unpaired) electrons. The summed E-state index contributed by atoms with van der Waals surface area (Å²) in [5.74, 6) is -0.803. The molecule has 0 atom stereocenters. The maximum Gasteiger partial charge on any atom is 0.263 e. The van der Waals surface area contributed by atoms with Gasteiger partial charge in [-0.15, -0.1) is 0 Å². The average molecular weight is 277 g/mol. The number of nitriles is 1. The second-order valence-electron chi connectivity index (χ2n) is 3.93. The van der Waals surface area contributed by atoms with Crippen molar-refractivity contribution in [2.24, 2.45) is 0 Å². The third kappa shape index (κ3) is 5.50. The number of nitrogens with zero attached hydrogens (tertiary/aromatic N) is 1. The summed E-state index contributed by atoms with van der Waals surface area (Å²) in [6, 6.07) is 7.87. The van der Waals surface area contributed by atoms with E-state index < -0.39 is 5.91 Å². The Morgan fingerprint density at radius 3 is 3.00 bits per heavy atom. The summed E-state index contributed by atoms with van der Waals surface area (Å²) in [4.78, 5) is 11.6. The predicted octanol–water partition coefficient (Wildman–Crippen LogP) is 1.09. The largest absolute Gasteiger partial charge is 0.386 e. The summed E-state index contributed by atoms with van der Waals surface area (Å²) in [6.07, 6.45) is 1.31. The molecule has 1 amide bonds. The normalized spacial score (nSPS) is 10.8. The molecule has 5 nitrogen and oxygen atoms in total. The number of halogens is 1. The first-order valence-electron chi connectivity index (χ1n) is 6.02. The van der Waals surface area contributed by atoms with Crippen molar-refractivity contribution in [3.05, 3.63) is 47.4 Å². The van der Waals surface area contributed by atoms with Gasteiger partial charge >= 0.3 is 0 Å². The van der Waals surface area contributed by atoms with Crippen LogP contribution in [0.5, 0.6) is 0 Å². The van der Waals surface area contributed by atoms with Crippen LogP contribution in [0.1, 0.15) is 5.56 Å². The number of hydrogen-bond donors (Lipinski definition) is 2. The number of carbonyl (C=O) groups is 1. The van der Waals surface area contributed by atoms with E-state index in [1.54, 1.807) is 18.2 Å². The second kappa shape index (κ2) is 8.67. The molecule has 20 heavy (non-hydrogen) atoms. The topological polar surface area (TPSA) is 74.1 Å². The molecule has 2 N–H and O–H groups in total. The summed E-state index contributed by atoms with van der Waals surface area (Å²) in [5, 5.41) is 14.2. The van der Waals surface area contributed by atoms with Crippen LogP contribution in [0.3, 0.4) is 0 Å². The molecule has 1 aromatic rings. The number of benzene rings is 1. The predicted molar refractivity (Wildman–Crippen MR) is 71.8 cm³/mol. The summed E-state index contributed by atoms with van der Waals surface area (Å²) in [5.41, 5.74) is 0.677. The van der Waals surface area contributed by atoms with E-state index in [-0.39, 0.29) is 11.4 Å². The number of hydrogen-bond acceptors (Lipinski definition) is 4. The van der Waals surface area contributed by atoms with Gasteiger partial charge in [0.25, 0.3) is 5.91 Å². The smallest absolute Gasteiger partial charge is 0.263 e. The van der Waals surface area contributed by atoms with Crippen molar-refractivity contribution in [3.8, 4) is 6.07 Å². The number of amides is 1. The molecule has 1 rings (SSSR count). The van der Waals surface area contributed by atoms with Crippen molar-refractivity contribution < 1.29 is 13.9 Å². The molecule has 0 spiro atoms. The highest BCUT2D eigenvalue weighted by Crippen LogP contribution is 2.03. The maximum absolute atomic E-state index is 12.9. The summed E-state index contributed by atoms with van der Waals surface area (Å²) < 4.78 is 17.7. The second-order valence-corrected chi connectivity index (χ2v) is 3.93. The van der Waals surface area contributed by atoms with Crippen molar-refractivity contribution in [2.75, 3.05) is 20.3 Å². The first-order chi connectivity index (χ1) is 9.67. The summed E-state index contributed by atoms with van der Waals surface area (Å²) >= 11 is 0. The third-order valence-electron chi connectivity index (χ3n) is 2.40. The zero-order valence-electron chi connectivity index (χ0n) is 11.1. The Labute approximate surface area is 117 Å². The van der Waals surface area contributed by atoms with Gasteiger partial charge in [-0.1, -0.05) is 12.1 Å². The van der Waals surface area contributed by atoms with Gasteiger partial charge in [-0.3, -0.25) is 4.79 Å². The first-order valence-corrected chi connectivity index (χ1v) is 6.02. The van der Waals surface area contributed by atoms with Crippen LogP contribution in [0.4, 0.5) is 4.39 Å². The van der Waals surface area contributed by atoms with E-state index in [0.717, 1.165) is 5.56 Å². The number of methoxy groups -OCH3 is 1. The lowest BCUT2D eigenvalue weighted by Crippen LogP contribution is -2.28. The third-order valence-corrected chi connectivity index (χ3v) is 2.40. The monoisotopic (exact) mass is 277 g/mol. The van der Waals surface area contributed by atoms with Crippen molar-refractivity contribution in [2.45, 2.75) is 6.54 Å². The molecule has 0 saturated heterocycles. The molecule has 0 bridgehead atoms. The fraction of sp³-hybridized carbons (Fsp3) is 0.286. The molecule has 0 fully saturated rings.